The van der Waals surface area contributed by atoms with Gasteiger partial charge >= 0.3 is 0 Å². The van der Waals surface area contributed by atoms with Crippen LogP contribution in [0.1, 0.15) is 6.42 Å². The van der Waals surface area contributed by atoms with Crippen LogP contribution in [-0.2, 0) is 4.74 Å². The van der Waals surface area contributed by atoms with Crippen LogP contribution in [0.4, 0.5) is 0 Å². The Kier molecular flexibility index (Phi) is 2.54. The first-order valence-electron chi connectivity index (χ1n) is 3.81. The third kappa shape index (κ3) is 1.42. The fourth-order valence-corrected chi connectivity index (χ4v) is 1.45. The Morgan fingerprint density at radius 2 is 2.36 bits per heavy atom. The van der Waals surface area contributed by atoms with Crippen molar-refractivity contribution in [3.8, 4) is 0 Å². The number of aliphatic hydroxyl groups is 2. The van der Waals surface area contributed by atoms with E-state index in [2.05, 4.69) is 0 Å². The molecule has 3 atom stereocenters. The van der Waals surface area contributed by atoms with E-state index < -0.39 is 11.7 Å². The second kappa shape index (κ2) is 3.10. The minimum atomic E-state index is -0.903. The van der Waals surface area contributed by atoms with Gasteiger partial charge in [-0.2, -0.15) is 0 Å². The molecule has 1 unspecified atom stereocenters. The third-order valence-electron chi connectivity index (χ3n) is 2.21. The highest BCUT2D eigenvalue weighted by Crippen LogP contribution is 2.28. The first-order valence-corrected chi connectivity index (χ1v) is 3.81. The van der Waals surface area contributed by atoms with Crippen molar-refractivity contribution < 1.29 is 14.9 Å². The molecule has 1 saturated heterocycles. The van der Waals surface area contributed by atoms with Gasteiger partial charge in [0, 0.05) is 12.5 Å². The monoisotopic (exact) mass is 159 g/mol. The normalized spacial score (nSPS) is 44.6. The molecule has 0 bridgehead atoms. The molecule has 1 aliphatic heterocycles. The molecule has 5 heteroatoms. The van der Waals surface area contributed by atoms with E-state index in [-0.39, 0.29) is 19.2 Å². The molecule has 4 N–H and O–H groups in total. The Labute approximate surface area is 66.8 Å². The first kappa shape index (κ1) is 9.00. The van der Waals surface area contributed by atoms with Gasteiger partial charge in [0.2, 0.25) is 0 Å². The van der Waals surface area contributed by atoms with Crippen molar-refractivity contribution in [3.05, 3.63) is 0 Å². The summed E-state index contributed by atoms with van der Waals surface area (Å²) in [4.78, 5) is 0. The van der Waals surface area contributed by atoms with Crippen LogP contribution >= 0.6 is 0 Å². The van der Waals surface area contributed by atoms with Gasteiger partial charge in [-0.3, -0.25) is 0 Å². The van der Waals surface area contributed by atoms with Crippen LogP contribution in [0, 0.1) is 0 Å². The molecule has 0 aliphatic carbocycles. The molecule has 1 heterocycles. The van der Waals surface area contributed by atoms with Crippen LogP contribution in [0.15, 0.2) is 0 Å². The van der Waals surface area contributed by atoms with Gasteiger partial charge in [0.25, 0.3) is 0 Å². The summed E-state index contributed by atoms with van der Waals surface area (Å²) >= 11 is 0. The summed E-state index contributed by atoms with van der Waals surface area (Å²) in [7, 11) is 1.86. The van der Waals surface area contributed by atoms with Crippen molar-refractivity contribution in [2.45, 2.75) is 24.1 Å². The Bertz CT molecular complexity index is 140. The Morgan fingerprint density at radius 1 is 1.73 bits per heavy atom. The average Bonchev–Trinajstić information content (AvgIpc) is 2.27. The molecule has 4 nitrogen and oxygen atoms in total. The van der Waals surface area contributed by atoms with Crippen molar-refractivity contribution in [3.63, 3.8) is 0 Å². The second-order valence-electron chi connectivity index (χ2n) is 3.11. The van der Waals surface area contributed by atoms with E-state index in [0.717, 1.165) is 0 Å². The molecule has 1 rings (SSSR count). The van der Waals surface area contributed by atoms with Crippen LogP contribution in [-0.4, -0.2) is 48.9 Å². The zero-order valence-electron chi connectivity index (χ0n) is 6.66. The summed E-state index contributed by atoms with van der Waals surface area (Å²) in [5.74, 6) is 0. The van der Waals surface area contributed by atoms with Crippen molar-refractivity contribution in [2.75, 3.05) is 13.2 Å². The van der Waals surface area contributed by atoms with E-state index >= 15 is 0 Å². The summed E-state index contributed by atoms with van der Waals surface area (Å²) in [5.41, 5.74) is 4.48. The van der Waals surface area contributed by atoms with Crippen LogP contribution in [0.5, 0.6) is 0 Å². The van der Waals surface area contributed by atoms with Gasteiger partial charge in [-0.1, -0.05) is 0 Å². The molecule has 0 aromatic carbocycles. The van der Waals surface area contributed by atoms with Gasteiger partial charge in [-0.25, -0.2) is 0 Å². The van der Waals surface area contributed by atoms with E-state index in [0.29, 0.717) is 6.42 Å². The van der Waals surface area contributed by atoms with Crippen molar-refractivity contribution in [2.24, 2.45) is 5.73 Å². The van der Waals surface area contributed by atoms with Crippen LogP contribution in [0.2, 0.25) is 0 Å². The maximum atomic E-state index is 9.44. The lowest BCUT2D eigenvalue weighted by Gasteiger charge is -2.28. The van der Waals surface area contributed by atoms with Gasteiger partial charge in [0.05, 0.1) is 12.7 Å². The zero-order chi connectivity index (χ0) is 8.48. The lowest BCUT2D eigenvalue weighted by atomic mass is 9.92. The van der Waals surface area contributed by atoms with Crippen LogP contribution < -0.4 is 5.73 Å². The molecule has 11 heavy (non-hydrogen) atoms. The van der Waals surface area contributed by atoms with Crippen molar-refractivity contribution in [1.29, 1.82) is 0 Å². The SMILES string of the molecule is B[C@H]1CC(O)[C@](CN)(CO)O1. The Balaban J connectivity index is 2.67. The first-order chi connectivity index (χ1) is 5.14. The molecule has 0 saturated carbocycles. The smallest absolute Gasteiger partial charge is 0.139 e. The molecular weight excluding hydrogens is 145 g/mol. The fourth-order valence-electron chi connectivity index (χ4n) is 1.45. The van der Waals surface area contributed by atoms with Crippen LogP contribution in [0.3, 0.4) is 0 Å². The van der Waals surface area contributed by atoms with E-state index in [1.165, 1.54) is 0 Å². The molecule has 0 radical (unpaired) electrons. The standard InChI is InChI=1S/C6H14BNO3/c7-5-1-4(10)6(2-8,3-9)11-5/h4-5,9-10H,1-3,7-8H2/t4?,5-,6+/m1/s1. The molecule has 64 valence electrons. The van der Waals surface area contributed by atoms with E-state index in [1.807, 2.05) is 7.85 Å². The van der Waals surface area contributed by atoms with E-state index in [1.54, 1.807) is 0 Å². The highest BCUT2D eigenvalue weighted by Gasteiger charge is 2.44. The minimum Gasteiger partial charge on any atom is -0.393 e. The summed E-state index contributed by atoms with van der Waals surface area (Å²) in [6.07, 6.45) is -0.0786. The maximum absolute atomic E-state index is 9.44. The Morgan fingerprint density at radius 3 is 2.55 bits per heavy atom. The van der Waals surface area contributed by atoms with Gasteiger partial charge in [0.15, 0.2) is 0 Å². The molecule has 0 aromatic heterocycles. The van der Waals surface area contributed by atoms with Gasteiger partial charge in [-0.05, 0) is 6.42 Å². The lowest BCUT2D eigenvalue weighted by molar-refractivity contribution is -0.0902. The highest BCUT2D eigenvalue weighted by atomic mass is 16.5. The topological polar surface area (TPSA) is 75.7 Å². The summed E-state index contributed by atoms with van der Waals surface area (Å²) in [6.45, 7) is -0.0516. The number of rotatable bonds is 2. The average molecular weight is 159 g/mol. The summed E-state index contributed by atoms with van der Waals surface area (Å²) < 4.78 is 5.33. The number of ether oxygens (including phenoxy) is 1. The Hall–Kier alpha value is -0.0951. The summed E-state index contributed by atoms with van der Waals surface area (Å²) in [5, 5.41) is 18.4. The molecule has 1 aliphatic rings. The van der Waals surface area contributed by atoms with Gasteiger partial charge in [-0.15, -0.1) is 0 Å². The lowest BCUT2D eigenvalue weighted by Crippen LogP contribution is -2.49. The highest BCUT2D eigenvalue weighted by molar-refractivity contribution is 6.11. The van der Waals surface area contributed by atoms with Crippen molar-refractivity contribution >= 4 is 7.85 Å². The third-order valence-corrected chi connectivity index (χ3v) is 2.21. The number of hydrogen-bond acceptors (Lipinski definition) is 4. The quantitative estimate of drug-likeness (QED) is 0.386. The van der Waals surface area contributed by atoms with Crippen molar-refractivity contribution in [1.82, 2.24) is 0 Å². The fraction of sp³-hybridized carbons (Fsp3) is 1.00. The zero-order valence-corrected chi connectivity index (χ0v) is 6.66. The van der Waals surface area contributed by atoms with Gasteiger partial charge < -0.3 is 20.7 Å². The van der Waals surface area contributed by atoms with Crippen LogP contribution in [0.25, 0.3) is 0 Å². The summed E-state index contributed by atoms with van der Waals surface area (Å²) in [6, 6.07) is -0.0132. The second-order valence-corrected chi connectivity index (χ2v) is 3.11. The molecule has 0 aromatic rings. The number of nitrogens with two attached hydrogens (primary N) is 1. The number of hydrogen-bond donors (Lipinski definition) is 3. The molecule has 1 fully saturated rings. The molecule has 0 spiro atoms. The largest absolute Gasteiger partial charge is 0.393 e. The molecular formula is C6H14BNO3. The predicted octanol–water partition coefficient (Wildman–Crippen LogP) is -2.58. The van der Waals surface area contributed by atoms with E-state index in [9.17, 15) is 5.11 Å². The predicted molar refractivity (Wildman–Crippen MR) is 42.9 cm³/mol. The van der Waals surface area contributed by atoms with Gasteiger partial charge in [0.1, 0.15) is 13.4 Å². The molecule has 0 amide bonds. The number of aliphatic hydroxyl groups excluding tert-OH is 2. The van der Waals surface area contributed by atoms with E-state index in [4.69, 9.17) is 15.6 Å². The minimum absolute atomic E-state index is 0.0132. The maximum Gasteiger partial charge on any atom is 0.139 e.